The van der Waals surface area contributed by atoms with Crippen LogP contribution in [0.5, 0.6) is 0 Å². The van der Waals surface area contributed by atoms with Gasteiger partial charge in [0.1, 0.15) is 12.6 Å². The molecule has 0 fully saturated rings. The van der Waals surface area contributed by atoms with Crippen molar-refractivity contribution in [2.45, 2.75) is 167 Å². The van der Waals surface area contributed by atoms with Crippen LogP contribution in [0.25, 0.3) is 0 Å². The van der Waals surface area contributed by atoms with Crippen molar-refractivity contribution >= 4 is 17.9 Å². The zero-order chi connectivity index (χ0) is 44.9. The van der Waals surface area contributed by atoms with Crippen LogP contribution in [-0.2, 0) is 28.6 Å². The molecule has 8 heteroatoms. The second-order valence-electron chi connectivity index (χ2n) is 16.5. The predicted octanol–water partition coefficient (Wildman–Crippen LogP) is 11.9. The first-order valence-electron chi connectivity index (χ1n) is 23.5. The van der Waals surface area contributed by atoms with Crippen LogP contribution in [0.3, 0.4) is 0 Å². The second kappa shape index (κ2) is 42.7. The van der Waals surface area contributed by atoms with E-state index in [0.29, 0.717) is 12.8 Å². The first kappa shape index (κ1) is 57.0. The SMILES string of the molecule is CC/C=C/C=C/C=C/C=C/C=C/C=C/C=C/CCCCCC(=O)OC(COCCC(C(=O)[O-])[N+](C)(C)C)COC(=O)CCCCCCC/C=C/C=C/CCCCCCCCC. The summed E-state index contributed by atoms with van der Waals surface area (Å²) in [6.07, 6.45) is 58.2. The molecule has 0 saturated heterocycles. The lowest BCUT2D eigenvalue weighted by Crippen LogP contribution is -2.55. The molecule has 0 spiro atoms. The molecule has 0 aliphatic heterocycles. The summed E-state index contributed by atoms with van der Waals surface area (Å²) in [4.78, 5) is 36.9. The Morgan fingerprint density at radius 3 is 1.39 bits per heavy atom. The van der Waals surface area contributed by atoms with Crippen molar-refractivity contribution in [3.8, 4) is 0 Å². The van der Waals surface area contributed by atoms with E-state index >= 15 is 0 Å². The quantitative estimate of drug-likeness (QED) is 0.0262. The third-order valence-corrected chi connectivity index (χ3v) is 9.87. The van der Waals surface area contributed by atoms with Crippen molar-refractivity contribution < 1.29 is 38.2 Å². The van der Waals surface area contributed by atoms with Crippen LogP contribution in [0, 0.1) is 0 Å². The maximum Gasteiger partial charge on any atom is 0.306 e. The van der Waals surface area contributed by atoms with Gasteiger partial charge in [0.25, 0.3) is 0 Å². The predicted molar refractivity (Wildman–Crippen MR) is 254 cm³/mol. The average Bonchev–Trinajstić information content (AvgIpc) is 3.22. The van der Waals surface area contributed by atoms with E-state index in [1.165, 1.54) is 44.9 Å². The highest BCUT2D eigenvalue weighted by atomic mass is 16.6. The van der Waals surface area contributed by atoms with E-state index in [1.807, 2.05) is 72.9 Å². The molecular weight excluding hydrogens is 763 g/mol. The summed E-state index contributed by atoms with van der Waals surface area (Å²) in [5.41, 5.74) is 0. The lowest BCUT2D eigenvalue weighted by Gasteiger charge is -2.34. The summed E-state index contributed by atoms with van der Waals surface area (Å²) in [7, 11) is 5.37. The van der Waals surface area contributed by atoms with Crippen LogP contribution in [0.15, 0.2) is 109 Å². The summed E-state index contributed by atoms with van der Waals surface area (Å²) >= 11 is 0. The lowest BCUT2D eigenvalue weighted by atomic mass is 10.1. The fourth-order valence-corrected chi connectivity index (χ4v) is 6.22. The number of carbonyl (C=O) groups excluding carboxylic acids is 3. The third kappa shape index (κ3) is 41.1. The van der Waals surface area contributed by atoms with Gasteiger partial charge in [0, 0.05) is 19.3 Å². The van der Waals surface area contributed by atoms with Crippen LogP contribution < -0.4 is 5.11 Å². The maximum atomic E-state index is 12.7. The van der Waals surface area contributed by atoms with E-state index in [0.717, 1.165) is 70.6 Å². The summed E-state index contributed by atoms with van der Waals surface area (Å²) < 4.78 is 17.1. The summed E-state index contributed by atoms with van der Waals surface area (Å²) in [6, 6.07) is -0.745. The van der Waals surface area contributed by atoms with Gasteiger partial charge in [-0.15, -0.1) is 0 Å². The molecule has 0 saturated carbocycles. The van der Waals surface area contributed by atoms with E-state index < -0.39 is 18.1 Å². The molecule has 0 aromatic rings. The van der Waals surface area contributed by atoms with Crippen LogP contribution in [0.1, 0.15) is 155 Å². The number of nitrogens with zero attached hydrogens (tertiary/aromatic N) is 1. The normalized spacial score (nSPS) is 13.9. The molecule has 0 N–H and O–H groups in total. The smallest absolute Gasteiger partial charge is 0.306 e. The monoisotopic (exact) mass is 848 g/mol. The van der Waals surface area contributed by atoms with Crippen molar-refractivity contribution in [1.29, 1.82) is 0 Å². The third-order valence-electron chi connectivity index (χ3n) is 9.87. The number of carbonyl (C=O) groups is 3. The Morgan fingerprint density at radius 2 is 0.918 bits per heavy atom. The minimum Gasteiger partial charge on any atom is -0.544 e. The van der Waals surface area contributed by atoms with Crippen molar-refractivity contribution in [3.63, 3.8) is 0 Å². The van der Waals surface area contributed by atoms with Gasteiger partial charge in [-0.2, -0.15) is 0 Å². The van der Waals surface area contributed by atoms with E-state index in [-0.39, 0.29) is 49.1 Å². The molecule has 0 aliphatic rings. The van der Waals surface area contributed by atoms with E-state index in [2.05, 4.69) is 50.3 Å². The average molecular weight is 848 g/mol. The minimum absolute atomic E-state index is 0.00892. The van der Waals surface area contributed by atoms with Gasteiger partial charge in [-0.1, -0.05) is 187 Å². The highest BCUT2D eigenvalue weighted by molar-refractivity contribution is 5.70. The molecule has 0 radical (unpaired) electrons. The number of allylic oxidation sites excluding steroid dienone is 18. The number of hydrogen-bond acceptors (Lipinski definition) is 7. The number of unbranched alkanes of at least 4 members (excludes halogenated alkanes) is 15. The van der Waals surface area contributed by atoms with E-state index in [9.17, 15) is 19.5 Å². The fourth-order valence-electron chi connectivity index (χ4n) is 6.22. The standard InChI is InChI=1S/C53H85NO7/c1-6-8-10-12-14-16-18-20-22-24-26-28-30-32-34-36-38-40-42-44-52(56)61-49(47-59-46-45-50(53(57)58)54(3,4)5)48-60-51(55)43-41-39-37-35-33-31-29-27-25-23-21-19-17-15-13-11-9-7-2/h8,10,12,14,16,18,20,22-30,32,34,49-50H,6-7,9,11,13,15,17,19,21,31,33,35-48H2,1-5H3/b10-8+,14-12+,18-16+,22-20+,25-23+,26-24+,29-27+,30-28+,34-32+. The first-order chi connectivity index (χ1) is 29.6. The molecule has 0 bridgehead atoms. The van der Waals surface area contributed by atoms with Crippen LogP contribution in [0.2, 0.25) is 0 Å². The molecule has 2 atom stereocenters. The summed E-state index contributed by atoms with van der Waals surface area (Å²) in [5, 5.41) is 11.6. The number of aliphatic carboxylic acids is 1. The zero-order valence-corrected chi connectivity index (χ0v) is 39.0. The van der Waals surface area contributed by atoms with Gasteiger partial charge < -0.3 is 28.6 Å². The van der Waals surface area contributed by atoms with Gasteiger partial charge in [0.05, 0.1) is 40.3 Å². The minimum atomic E-state index is -1.14. The lowest BCUT2D eigenvalue weighted by molar-refractivity contribution is -0.889. The number of carboxylic acids is 1. The van der Waals surface area contributed by atoms with Crippen LogP contribution in [0.4, 0.5) is 0 Å². The Kier molecular flexibility index (Phi) is 39.9. The van der Waals surface area contributed by atoms with Crippen molar-refractivity contribution in [2.75, 3.05) is 41.0 Å². The molecule has 2 unspecified atom stereocenters. The Balaban J connectivity index is 4.48. The number of likely N-dealkylation sites (N-methyl/N-ethyl adjacent to an activating group) is 1. The number of rotatable bonds is 40. The number of hydrogen-bond donors (Lipinski definition) is 0. The number of carboxylic acid groups (broad SMARTS) is 1. The molecule has 61 heavy (non-hydrogen) atoms. The molecule has 0 aromatic carbocycles. The fraction of sp³-hybridized carbons (Fsp3) is 0.604. The second-order valence-corrected chi connectivity index (χ2v) is 16.5. The van der Waals surface area contributed by atoms with E-state index in [4.69, 9.17) is 14.2 Å². The Bertz CT molecular complexity index is 1360. The Labute approximate surface area is 372 Å². The van der Waals surface area contributed by atoms with Crippen LogP contribution >= 0.6 is 0 Å². The molecule has 344 valence electrons. The van der Waals surface area contributed by atoms with Gasteiger partial charge in [0.15, 0.2) is 6.10 Å². The van der Waals surface area contributed by atoms with Crippen molar-refractivity contribution in [3.05, 3.63) is 109 Å². The van der Waals surface area contributed by atoms with Gasteiger partial charge in [-0.05, 0) is 57.8 Å². The summed E-state index contributed by atoms with van der Waals surface area (Å²) in [6.45, 7) is 4.42. The van der Waals surface area contributed by atoms with Crippen LogP contribution in [-0.4, -0.2) is 75.5 Å². The molecule has 0 aliphatic carbocycles. The number of esters is 2. The molecule has 0 rings (SSSR count). The Hall–Kier alpha value is -4.01. The van der Waals surface area contributed by atoms with Gasteiger partial charge in [-0.25, -0.2) is 0 Å². The molecule has 0 amide bonds. The van der Waals surface area contributed by atoms with Crippen molar-refractivity contribution in [2.24, 2.45) is 0 Å². The molecule has 8 nitrogen and oxygen atoms in total. The van der Waals surface area contributed by atoms with Gasteiger partial charge in [-0.3, -0.25) is 9.59 Å². The zero-order valence-electron chi connectivity index (χ0n) is 39.0. The first-order valence-corrected chi connectivity index (χ1v) is 23.5. The highest BCUT2D eigenvalue weighted by Crippen LogP contribution is 2.12. The van der Waals surface area contributed by atoms with Gasteiger partial charge >= 0.3 is 11.9 Å². The largest absolute Gasteiger partial charge is 0.544 e. The number of ether oxygens (including phenoxy) is 3. The topological polar surface area (TPSA) is 102 Å². The van der Waals surface area contributed by atoms with Crippen molar-refractivity contribution in [1.82, 2.24) is 0 Å². The Morgan fingerprint density at radius 1 is 0.508 bits per heavy atom. The molecule has 0 aromatic heterocycles. The van der Waals surface area contributed by atoms with E-state index in [1.54, 1.807) is 21.1 Å². The maximum absolute atomic E-state index is 12.7. The molecular formula is C53H85NO7. The number of quaternary nitrogens is 1. The summed E-state index contributed by atoms with van der Waals surface area (Å²) in [5.74, 6) is -1.83. The highest BCUT2D eigenvalue weighted by Gasteiger charge is 2.25. The van der Waals surface area contributed by atoms with Gasteiger partial charge in [0.2, 0.25) is 0 Å². The molecule has 0 heterocycles.